The molecule has 6 heteroatoms. The molecule has 0 saturated heterocycles. The highest BCUT2D eigenvalue weighted by Crippen LogP contribution is 2.20. The van der Waals surface area contributed by atoms with Crippen molar-refractivity contribution in [1.29, 1.82) is 0 Å². The van der Waals surface area contributed by atoms with Crippen molar-refractivity contribution in [1.82, 2.24) is 0 Å². The number of aliphatic hydroxyl groups is 1. The number of rotatable bonds is 2. The molecule has 0 aliphatic carbocycles. The van der Waals surface area contributed by atoms with Gasteiger partial charge in [0.25, 0.3) is 5.83 Å². The smallest absolute Gasteiger partial charge is 0.379 e. The summed E-state index contributed by atoms with van der Waals surface area (Å²) in [4.78, 5) is 21.4. The third kappa shape index (κ3) is 1.90. The van der Waals surface area contributed by atoms with E-state index < -0.39 is 29.3 Å². The van der Waals surface area contributed by atoms with Crippen LogP contribution in [0.1, 0.15) is 6.92 Å². The Morgan fingerprint density at radius 3 is 2.79 bits per heavy atom. The Labute approximate surface area is 78.4 Å². The Kier molecular flexibility index (Phi) is 2.85. The Hall–Kier alpha value is -1.85. The molecule has 0 aromatic carbocycles. The first-order chi connectivity index (χ1) is 6.56. The molecule has 0 spiro atoms. The van der Waals surface area contributed by atoms with E-state index in [9.17, 15) is 14.0 Å². The number of ether oxygens (including phenoxy) is 2. The molecule has 0 amide bonds. The molecule has 0 atom stereocenters. The summed E-state index contributed by atoms with van der Waals surface area (Å²) >= 11 is 0. The molecule has 1 rings (SSSR count). The lowest BCUT2D eigenvalue weighted by molar-refractivity contribution is -0.141. The molecule has 1 heterocycles. The molecule has 0 fully saturated rings. The Balaban J connectivity index is 2.87. The zero-order valence-corrected chi connectivity index (χ0v) is 7.24. The number of carbonyl (C=O) groups excluding carboxylic acids is 2. The van der Waals surface area contributed by atoms with Gasteiger partial charge in [0, 0.05) is 6.08 Å². The highest BCUT2D eigenvalue weighted by Gasteiger charge is 2.27. The maximum absolute atomic E-state index is 13.0. The lowest BCUT2D eigenvalue weighted by Crippen LogP contribution is -2.07. The molecule has 1 N–H and O–H groups in total. The monoisotopic (exact) mass is 202 g/mol. The van der Waals surface area contributed by atoms with E-state index in [4.69, 9.17) is 5.11 Å². The number of carbonyl (C=O) groups is 2. The van der Waals surface area contributed by atoms with Gasteiger partial charge in [0.15, 0.2) is 5.76 Å². The molecule has 0 bridgehead atoms. The van der Waals surface area contributed by atoms with Crippen LogP contribution in [0.2, 0.25) is 0 Å². The van der Waals surface area contributed by atoms with Crippen LogP contribution in [-0.4, -0.2) is 23.7 Å². The van der Waals surface area contributed by atoms with Crippen LogP contribution >= 0.6 is 0 Å². The minimum Gasteiger partial charge on any atom is -0.502 e. The number of hydrogen-bond donors (Lipinski definition) is 1. The number of allylic oxidation sites excluding steroid dienone is 1. The number of esters is 2. The lowest BCUT2D eigenvalue weighted by atomic mass is 10.4. The largest absolute Gasteiger partial charge is 0.502 e. The summed E-state index contributed by atoms with van der Waals surface area (Å²) in [5.74, 6) is -5.06. The standard InChI is InChI=1S/C8H7FO5/c1-2-13-8(12)6(9)5-3-4(10)7(11)14-5/h3,10H,2H2,1H3/b6-5-. The molecule has 1 aliphatic rings. The van der Waals surface area contributed by atoms with Crippen LogP contribution in [0.4, 0.5) is 4.39 Å². The highest BCUT2D eigenvalue weighted by atomic mass is 19.1. The van der Waals surface area contributed by atoms with Gasteiger partial charge in [0.05, 0.1) is 6.61 Å². The van der Waals surface area contributed by atoms with Crippen LogP contribution in [0.15, 0.2) is 23.4 Å². The van der Waals surface area contributed by atoms with Crippen molar-refractivity contribution in [3.63, 3.8) is 0 Å². The molecule has 1 aliphatic heterocycles. The Bertz CT molecular complexity index is 342. The average Bonchev–Trinajstić information content (AvgIpc) is 2.46. The summed E-state index contributed by atoms with van der Waals surface area (Å²) in [5, 5.41) is 8.76. The van der Waals surface area contributed by atoms with Crippen molar-refractivity contribution >= 4 is 11.9 Å². The van der Waals surface area contributed by atoms with Crippen LogP contribution in [0.5, 0.6) is 0 Å². The first-order valence-electron chi connectivity index (χ1n) is 3.76. The van der Waals surface area contributed by atoms with Gasteiger partial charge in [-0.05, 0) is 6.92 Å². The van der Waals surface area contributed by atoms with Crippen molar-refractivity contribution in [3.05, 3.63) is 23.4 Å². The van der Waals surface area contributed by atoms with Gasteiger partial charge in [0.1, 0.15) is 0 Å². The van der Waals surface area contributed by atoms with Crippen LogP contribution in [0, 0.1) is 0 Å². The third-order valence-electron chi connectivity index (χ3n) is 1.35. The van der Waals surface area contributed by atoms with E-state index in [1.54, 1.807) is 0 Å². The van der Waals surface area contributed by atoms with Crippen LogP contribution in [0.3, 0.4) is 0 Å². The molecule has 0 aromatic rings. The SMILES string of the molecule is CCOC(=O)/C(F)=C1\C=C(O)C(=O)O1. The van der Waals surface area contributed by atoms with E-state index in [0.717, 1.165) is 0 Å². The predicted molar refractivity (Wildman–Crippen MR) is 41.6 cm³/mol. The van der Waals surface area contributed by atoms with Gasteiger partial charge in [-0.2, -0.15) is 4.39 Å². The fourth-order valence-corrected chi connectivity index (χ4v) is 0.768. The topological polar surface area (TPSA) is 72.8 Å². The van der Waals surface area contributed by atoms with Gasteiger partial charge in [-0.3, -0.25) is 0 Å². The molecule has 0 unspecified atom stereocenters. The second kappa shape index (κ2) is 3.91. The average molecular weight is 202 g/mol. The molecule has 0 radical (unpaired) electrons. The maximum atomic E-state index is 13.0. The van der Waals surface area contributed by atoms with Gasteiger partial charge >= 0.3 is 11.9 Å². The third-order valence-corrected chi connectivity index (χ3v) is 1.35. The van der Waals surface area contributed by atoms with Crippen molar-refractivity contribution in [2.45, 2.75) is 6.92 Å². The maximum Gasteiger partial charge on any atom is 0.379 e. The molecule has 14 heavy (non-hydrogen) atoms. The number of cyclic esters (lactones) is 1. The zero-order chi connectivity index (χ0) is 10.7. The summed E-state index contributed by atoms with van der Waals surface area (Å²) in [6.07, 6.45) is 0.717. The minimum absolute atomic E-state index is 0.00315. The second-order valence-electron chi connectivity index (χ2n) is 2.32. The van der Waals surface area contributed by atoms with E-state index >= 15 is 0 Å². The number of halogens is 1. The molecular weight excluding hydrogens is 195 g/mol. The summed E-state index contributed by atoms with van der Waals surface area (Å²) in [5.41, 5.74) is 0. The quantitative estimate of drug-likeness (QED) is 0.527. The van der Waals surface area contributed by atoms with E-state index in [-0.39, 0.29) is 6.61 Å². The second-order valence-corrected chi connectivity index (χ2v) is 2.32. The predicted octanol–water partition coefficient (Wildman–Crippen LogP) is 0.729. The van der Waals surface area contributed by atoms with Crippen LogP contribution in [0.25, 0.3) is 0 Å². The van der Waals surface area contributed by atoms with Crippen molar-refractivity contribution in [2.75, 3.05) is 6.61 Å². The first kappa shape index (κ1) is 10.2. The van der Waals surface area contributed by atoms with Gasteiger partial charge in [-0.15, -0.1) is 0 Å². The molecule has 5 nitrogen and oxygen atoms in total. The van der Waals surface area contributed by atoms with Gasteiger partial charge < -0.3 is 14.6 Å². The summed E-state index contributed by atoms with van der Waals surface area (Å²) in [7, 11) is 0. The summed E-state index contributed by atoms with van der Waals surface area (Å²) in [6.45, 7) is 1.51. The van der Waals surface area contributed by atoms with Gasteiger partial charge in [-0.25, -0.2) is 9.59 Å². The minimum atomic E-state index is -1.34. The van der Waals surface area contributed by atoms with E-state index in [1.165, 1.54) is 6.92 Å². The summed E-state index contributed by atoms with van der Waals surface area (Å²) in [6, 6.07) is 0. The van der Waals surface area contributed by atoms with Crippen LogP contribution in [-0.2, 0) is 19.1 Å². The Morgan fingerprint density at radius 2 is 2.36 bits per heavy atom. The molecule has 0 saturated carbocycles. The number of hydrogen-bond acceptors (Lipinski definition) is 5. The van der Waals surface area contributed by atoms with Crippen molar-refractivity contribution < 1.29 is 28.6 Å². The van der Waals surface area contributed by atoms with E-state index in [1.807, 2.05) is 0 Å². The lowest BCUT2D eigenvalue weighted by Gasteiger charge is -1.99. The number of aliphatic hydroxyl groups excluding tert-OH is 1. The Morgan fingerprint density at radius 1 is 1.71 bits per heavy atom. The van der Waals surface area contributed by atoms with E-state index in [0.29, 0.717) is 6.08 Å². The first-order valence-corrected chi connectivity index (χ1v) is 3.76. The van der Waals surface area contributed by atoms with Gasteiger partial charge in [-0.1, -0.05) is 0 Å². The normalized spacial score (nSPS) is 18.7. The molecular formula is C8H7FO5. The summed E-state index contributed by atoms with van der Waals surface area (Å²) < 4.78 is 21.5. The molecule has 0 aromatic heterocycles. The fraction of sp³-hybridized carbons (Fsp3) is 0.250. The fourth-order valence-electron chi connectivity index (χ4n) is 0.768. The van der Waals surface area contributed by atoms with Crippen molar-refractivity contribution in [3.8, 4) is 0 Å². The van der Waals surface area contributed by atoms with Crippen molar-refractivity contribution in [2.24, 2.45) is 0 Å². The van der Waals surface area contributed by atoms with Crippen LogP contribution < -0.4 is 0 Å². The van der Waals surface area contributed by atoms with E-state index in [2.05, 4.69) is 9.47 Å². The van der Waals surface area contributed by atoms with Gasteiger partial charge in [0.2, 0.25) is 5.76 Å². The molecule has 76 valence electrons. The zero-order valence-electron chi connectivity index (χ0n) is 7.24. The highest BCUT2D eigenvalue weighted by molar-refractivity contribution is 5.94.